The van der Waals surface area contributed by atoms with Crippen LogP contribution in [-0.2, 0) is 0 Å². The molecule has 0 aliphatic rings. The summed E-state index contributed by atoms with van der Waals surface area (Å²) in [4.78, 5) is 12.1. The van der Waals surface area contributed by atoms with Gasteiger partial charge in [0.1, 0.15) is 0 Å². The number of hydrazone groups is 1. The molecule has 0 aromatic heterocycles. The largest absolute Gasteiger partial charge is 0.490 e. The highest BCUT2D eigenvalue weighted by atomic mass is 127. The van der Waals surface area contributed by atoms with Gasteiger partial charge in [-0.05, 0) is 94.9 Å². The first-order valence-corrected chi connectivity index (χ1v) is 9.89. The highest BCUT2D eigenvalue weighted by Crippen LogP contribution is 2.33. The van der Waals surface area contributed by atoms with Crippen LogP contribution in [0.4, 0.5) is 0 Å². The van der Waals surface area contributed by atoms with E-state index in [2.05, 4.69) is 55.7 Å². The second kappa shape index (κ2) is 9.95. The van der Waals surface area contributed by atoms with E-state index in [0.717, 1.165) is 18.5 Å². The SMILES string of the molecule is CCOc1cc(/C=N\NC(=O)c2cccc(I)c2)cc(I)c1OCC. The summed E-state index contributed by atoms with van der Waals surface area (Å²) in [5.41, 5.74) is 3.93. The van der Waals surface area contributed by atoms with E-state index in [1.165, 1.54) is 0 Å². The summed E-state index contributed by atoms with van der Waals surface area (Å²) in [5, 5.41) is 4.04. The lowest BCUT2D eigenvalue weighted by molar-refractivity contribution is 0.0955. The Labute approximate surface area is 174 Å². The molecule has 0 spiro atoms. The van der Waals surface area contributed by atoms with Gasteiger partial charge in [0.05, 0.1) is 23.0 Å². The number of nitrogens with zero attached hydrogens (tertiary/aromatic N) is 1. The van der Waals surface area contributed by atoms with Gasteiger partial charge in [-0.1, -0.05) is 6.07 Å². The molecule has 2 aromatic rings. The molecule has 7 heteroatoms. The summed E-state index contributed by atoms with van der Waals surface area (Å²) < 4.78 is 13.2. The Balaban J connectivity index is 2.13. The maximum Gasteiger partial charge on any atom is 0.271 e. The number of halogens is 2. The summed E-state index contributed by atoms with van der Waals surface area (Å²) in [6.07, 6.45) is 1.59. The topological polar surface area (TPSA) is 59.9 Å². The summed E-state index contributed by atoms with van der Waals surface area (Å²) in [7, 11) is 0. The summed E-state index contributed by atoms with van der Waals surface area (Å²) in [6, 6.07) is 11.1. The van der Waals surface area contributed by atoms with Crippen molar-refractivity contribution in [1.82, 2.24) is 5.43 Å². The first-order chi connectivity index (χ1) is 12.0. The molecular formula is C18H18I2N2O3. The Morgan fingerprint density at radius 1 is 1.16 bits per heavy atom. The first kappa shape index (κ1) is 20.0. The minimum absolute atomic E-state index is 0.250. The molecule has 5 nitrogen and oxygen atoms in total. The van der Waals surface area contributed by atoms with Gasteiger partial charge < -0.3 is 9.47 Å². The number of hydrogen-bond acceptors (Lipinski definition) is 4. The van der Waals surface area contributed by atoms with Crippen molar-refractivity contribution in [3.8, 4) is 11.5 Å². The normalized spacial score (nSPS) is 10.7. The predicted molar refractivity (Wildman–Crippen MR) is 116 cm³/mol. The third-order valence-electron chi connectivity index (χ3n) is 3.09. The lowest BCUT2D eigenvalue weighted by Crippen LogP contribution is -2.17. The minimum Gasteiger partial charge on any atom is -0.490 e. The van der Waals surface area contributed by atoms with Crippen molar-refractivity contribution in [2.24, 2.45) is 5.10 Å². The summed E-state index contributed by atoms with van der Waals surface area (Å²) in [6.45, 7) is 4.96. The van der Waals surface area contributed by atoms with E-state index in [-0.39, 0.29) is 5.91 Å². The van der Waals surface area contributed by atoms with E-state index in [0.29, 0.717) is 24.5 Å². The van der Waals surface area contributed by atoms with Gasteiger partial charge in [0.15, 0.2) is 11.5 Å². The molecule has 0 radical (unpaired) electrons. The van der Waals surface area contributed by atoms with Crippen LogP contribution in [0.1, 0.15) is 29.8 Å². The van der Waals surface area contributed by atoms with Crippen LogP contribution in [0.5, 0.6) is 11.5 Å². The Kier molecular flexibility index (Phi) is 7.94. The van der Waals surface area contributed by atoms with Crippen molar-refractivity contribution in [1.29, 1.82) is 0 Å². The van der Waals surface area contributed by atoms with Crippen LogP contribution >= 0.6 is 45.2 Å². The third-order valence-corrected chi connectivity index (χ3v) is 4.56. The monoisotopic (exact) mass is 564 g/mol. The van der Waals surface area contributed by atoms with Gasteiger partial charge in [0.25, 0.3) is 5.91 Å². The van der Waals surface area contributed by atoms with E-state index in [9.17, 15) is 4.79 Å². The van der Waals surface area contributed by atoms with Crippen LogP contribution in [0.2, 0.25) is 0 Å². The van der Waals surface area contributed by atoms with Crippen LogP contribution in [-0.4, -0.2) is 25.3 Å². The van der Waals surface area contributed by atoms with Crippen molar-refractivity contribution >= 4 is 57.3 Å². The molecule has 0 heterocycles. The van der Waals surface area contributed by atoms with Crippen LogP contribution in [0.15, 0.2) is 41.5 Å². The summed E-state index contributed by atoms with van der Waals surface area (Å²) >= 11 is 4.36. The molecule has 25 heavy (non-hydrogen) atoms. The minimum atomic E-state index is -0.250. The number of carbonyl (C=O) groups is 1. The second-order valence-electron chi connectivity index (χ2n) is 4.91. The van der Waals surface area contributed by atoms with E-state index in [1.807, 2.05) is 38.1 Å². The molecule has 0 fully saturated rings. The molecule has 132 valence electrons. The molecule has 0 bridgehead atoms. The fraction of sp³-hybridized carbons (Fsp3) is 0.222. The predicted octanol–water partition coefficient (Wildman–Crippen LogP) is 4.46. The molecule has 2 aromatic carbocycles. The maximum absolute atomic E-state index is 12.1. The fourth-order valence-corrected chi connectivity index (χ4v) is 3.39. The summed E-state index contributed by atoms with van der Waals surface area (Å²) in [5.74, 6) is 1.15. The zero-order valence-corrected chi connectivity index (χ0v) is 18.2. The van der Waals surface area contributed by atoms with Crippen LogP contribution in [0, 0.1) is 7.14 Å². The zero-order valence-electron chi connectivity index (χ0n) is 13.9. The van der Waals surface area contributed by atoms with Crippen LogP contribution in [0.3, 0.4) is 0 Å². The highest BCUT2D eigenvalue weighted by molar-refractivity contribution is 14.1. The van der Waals surface area contributed by atoms with Crippen LogP contribution in [0.25, 0.3) is 0 Å². The lowest BCUT2D eigenvalue weighted by Gasteiger charge is -2.13. The Morgan fingerprint density at radius 3 is 2.60 bits per heavy atom. The third kappa shape index (κ3) is 5.84. The molecule has 0 atom stereocenters. The quantitative estimate of drug-likeness (QED) is 0.307. The highest BCUT2D eigenvalue weighted by Gasteiger charge is 2.11. The molecule has 0 aliphatic carbocycles. The van der Waals surface area contributed by atoms with Crippen LogP contribution < -0.4 is 14.9 Å². The van der Waals surface area contributed by atoms with Gasteiger partial charge in [0, 0.05) is 9.13 Å². The number of hydrogen-bond donors (Lipinski definition) is 1. The molecule has 0 saturated carbocycles. The molecule has 2 rings (SSSR count). The number of benzene rings is 2. The molecule has 1 amide bonds. The average molecular weight is 564 g/mol. The molecule has 1 N–H and O–H groups in total. The molecule has 0 unspecified atom stereocenters. The number of rotatable bonds is 7. The molecule has 0 aliphatic heterocycles. The zero-order chi connectivity index (χ0) is 18.2. The number of nitrogens with one attached hydrogen (secondary N) is 1. The Bertz CT molecular complexity index is 779. The number of ether oxygens (including phenoxy) is 2. The Hall–Kier alpha value is -1.36. The average Bonchev–Trinajstić information content (AvgIpc) is 2.58. The van der Waals surface area contributed by atoms with Crippen molar-refractivity contribution in [3.05, 3.63) is 54.7 Å². The van der Waals surface area contributed by atoms with E-state index >= 15 is 0 Å². The smallest absolute Gasteiger partial charge is 0.271 e. The van der Waals surface area contributed by atoms with Gasteiger partial charge in [0.2, 0.25) is 0 Å². The van der Waals surface area contributed by atoms with Gasteiger partial charge in [-0.15, -0.1) is 0 Å². The molecular weight excluding hydrogens is 546 g/mol. The van der Waals surface area contributed by atoms with Crippen molar-refractivity contribution in [2.75, 3.05) is 13.2 Å². The van der Waals surface area contributed by atoms with Gasteiger partial charge in [-0.25, -0.2) is 5.43 Å². The van der Waals surface area contributed by atoms with Gasteiger partial charge >= 0.3 is 0 Å². The Morgan fingerprint density at radius 2 is 1.92 bits per heavy atom. The van der Waals surface area contributed by atoms with Crippen molar-refractivity contribution in [2.45, 2.75) is 13.8 Å². The maximum atomic E-state index is 12.1. The lowest BCUT2D eigenvalue weighted by atomic mass is 10.2. The second-order valence-corrected chi connectivity index (χ2v) is 7.31. The van der Waals surface area contributed by atoms with Gasteiger partial charge in [-0.3, -0.25) is 4.79 Å². The number of amides is 1. The van der Waals surface area contributed by atoms with Crippen molar-refractivity contribution < 1.29 is 14.3 Å². The van der Waals surface area contributed by atoms with E-state index in [1.54, 1.807) is 18.3 Å². The molecule has 0 saturated heterocycles. The number of carbonyl (C=O) groups excluding carboxylic acids is 1. The first-order valence-electron chi connectivity index (χ1n) is 7.73. The fourth-order valence-electron chi connectivity index (χ4n) is 2.07. The standard InChI is InChI=1S/C18H18I2N2O3/c1-3-24-16-9-12(8-15(20)17(16)25-4-2)11-21-22-18(23)13-6-5-7-14(19)10-13/h5-11H,3-4H2,1-2H3,(H,22,23)/b21-11-. The van der Waals surface area contributed by atoms with Gasteiger partial charge in [-0.2, -0.15) is 5.10 Å². The van der Waals surface area contributed by atoms with E-state index < -0.39 is 0 Å². The van der Waals surface area contributed by atoms with Crippen molar-refractivity contribution in [3.63, 3.8) is 0 Å². The van der Waals surface area contributed by atoms with E-state index in [4.69, 9.17) is 9.47 Å².